The van der Waals surface area contributed by atoms with E-state index in [1.54, 1.807) is 12.1 Å². The van der Waals surface area contributed by atoms with Crippen LogP contribution < -0.4 is 5.73 Å². The molecule has 0 aliphatic carbocycles. The van der Waals surface area contributed by atoms with Gasteiger partial charge in [0.05, 0.1) is 5.69 Å². The third-order valence-corrected chi connectivity index (χ3v) is 2.79. The Balaban J connectivity index is 2.56. The van der Waals surface area contributed by atoms with E-state index in [4.69, 9.17) is 5.73 Å². The van der Waals surface area contributed by atoms with E-state index in [0.29, 0.717) is 17.1 Å². The fourth-order valence-corrected chi connectivity index (χ4v) is 1.94. The molecule has 3 nitrogen and oxygen atoms in total. The first kappa shape index (κ1) is 11.6. The van der Waals surface area contributed by atoms with Crippen molar-refractivity contribution < 1.29 is 4.39 Å². The fourth-order valence-electron chi connectivity index (χ4n) is 1.94. The van der Waals surface area contributed by atoms with Gasteiger partial charge in [-0.1, -0.05) is 25.0 Å². The number of aryl methyl sites for hydroxylation is 1. The topological polar surface area (TPSA) is 54.7 Å². The first-order chi connectivity index (χ1) is 8.13. The van der Waals surface area contributed by atoms with Crippen molar-refractivity contribution in [3.05, 3.63) is 35.1 Å². The Morgan fingerprint density at radius 2 is 2.18 bits per heavy atom. The second-order valence-electron chi connectivity index (χ2n) is 4.20. The molecule has 0 bridgehead atoms. The van der Waals surface area contributed by atoms with Crippen LogP contribution in [0.4, 0.5) is 10.2 Å². The fraction of sp³-hybridized carbons (Fsp3) is 0.308. The number of aromatic nitrogens is 2. The number of nitrogen functional groups attached to an aromatic ring is 1. The number of aromatic amines is 1. The molecule has 17 heavy (non-hydrogen) atoms. The Labute approximate surface area is 99.9 Å². The van der Waals surface area contributed by atoms with Gasteiger partial charge in [-0.15, -0.1) is 0 Å². The van der Waals surface area contributed by atoms with Gasteiger partial charge in [0.15, 0.2) is 0 Å². The highest BCUT2D eigenvalue weighted by molar-refractivity contribution is 5.69. The molecule has 1 aromatic heterocycles. The monoisotopic (exact) mass is 233 g/mol. The summed E-state index contributed by atoms with van der Waals surface area (Å²) in [6, 6.07) is 5.02. The number of benzene rings is 1. The normalized spacial score (nSPS) is 10.8. The van der Waals surface area contributed by atoms with Gasteiger partial charge in [0.1, 0.15) is 11.6 Å². The van der Waals surface area contributed by atoms with Crippen molar-refractivity contribution >= 4 is 5.82 Å². The molecule has 0 saturated carbocycles. The maximum Gasteiger partial charge on any atom is 0.149 e. The van der Waals surface area contributed by atoms with Crippen LogP contribution in [-0.4, -0.2) is 10.2 Å². The standard InChI is InChI=1S/C13H16FN3/c1-3-4-9-12(16-17-13(9)15)10-7-8(2)5-6-11(10)14/h5-7H,3-4H2,1-2H3,(H3,15,16,17). The van der Waals surface area contributed by atoms with Crippen LogP contribution in [0.25, 0.3) is 11.3 Å². The number of nitrogens with zero attached hydrogens (tertiary/aromatic N) is 1. The van der Waals surface area contributed by atoms with Crippen LogP contribution >= 0.6 is 0 Å². The van der Waals surface area contributed by atoms with Gasteiger partial charge in [-0.3, -0.25) is 5.10 Å². The molecule has 0 amide bonds. The molecule has 1 heterocycles. The summed E-state index contributed by atoms with van der Waals surface area (Å²) < 4.78 is 13.8. The second-order valence-corrected chi connectivity index (χ2v) is 4.20. The van der Waals surface area contributed by atoms with E-state index in [0.717, 1.165) is 24.0 Å². The van der Waals surface area contributed by atoms with Crippen molar-refractivity contribution in [2.24, 2.45) is 0 Å². The molecular weight excluding hydrogens is 217 g/mol. The molecule has 2 rings (SSSR count). The number of hydrogen-bond donors (Lipinski definition) is 2. The van der Waals surface area contributed by atoms with Crippen LogP contribution in [0.1, 0.15) is 24.5 Å². The van der Waals surface area contributed by atoms with Gasteiger partial charge in [0, 0.05) is 11.1 Å². The van der Waals surface area contributed by atoms with Crippen molar-refractivity contribution in [2.45, 2.75) is 26.7 Å². The summed E-state index contributed by atoms with van der Waals surface area (Å²) in [4.78, 5) is 0. The Bertz CT molecular complexity index is 531. The molecule has 2 aromatic rings. The zero-order valence-electron chi connectivity index (χ0n) is 10.0. The SMILES string of the molecule is CCCc1c(N)n[nH]c1-c1cc(C)ccc1F. The molecule has 0 aliphatic heterocycles. The second kappa shape index (κ2) is 4.57. The van der Waals surface area contributed by atoms with Crippen molar-refractivity contribution in [2.75, 3.05) is 5.73 Å². The maximum atomic E-state index is 13.8. The Hall–Kier alpha value is -1.84. The van der Waals surface area contributed by atoms with E-state index in [9.17, 15) is 4.39 Å². The van der Waals surface area contributed by atoms with Gasteiger partial charge >= 0.3 is 0 Å². The molecule has 0 unspecified atom stereocenters. The molecule has 0 radical (unpaired) electrons. The van der Waals surface area contributed by atoms with Gasteiger partial charge in [-0.2, -0.15) is 5.10 Å². The third kappa shape index (κ3) is 2.16. The zero-order chi connectivity index (χ0) is 12.4. The van der Waals surface area contributed by atoms with Gasteiger partial charge in [-0.05, 0) is 25.5 Å². The molecule has 3 N–H and O–H groups in total. The number of nitrogens with two attached hydrogens (primary N) is 1. The summed E-state index contributed by atoms with van der Waals surface area (Å²) >= 11 is 0. The van der Waals surface area contributed by atoms with Crippen molar-refractivity contribution in [1.29, 1.82) is 0 Å². The van der Waals surface area contributed by atoms with Gasteiger partial charge < -0.3 is 5.73 Å². The summed E-state index contributed by atoms with van der Waals surface area (Å²) in [5.41, 5.74) is 8.94. The van der Waals surface area contributed by atoms with Crippen molar-refractivity contribution in [1.82, 2.24) is 10.2 Å². The number of H-pyrrole nitrogens is 1. The molecule has 0 spiro atoms. The lowest BCUT2D eigenvalue weighted by Crippen LogP contribution is -1.94. The average Bonchev–Trinajstić information content (AvgIpc) is 2.65. The van der Waals surface area contributed by atoms with Crippen molar-refractivity contribution in [3.63, 3.8) is 0 Å². The molecule has 90 valence electrons. The highest BCUT2D eigenvalue weighted by Gasteiger charge is 2.15. The van der Waals surface area contributed by atoms with E-state index in [-0.39, 0.29) is 5.82 Å². The molecule has 4 heteroatoms. The molecule has 0 saturated heterocycles. The molecule has 0 atom stereocenters. The number of hydrogen-bond acceptors (Lipinski definition) is 2. The average molecular weight is 233 g/mol. The summed E-state index contributed by atoms with van der Waals surface area (Å²) in [5.74, 6) is 0.208. The van der Waals surface area contributed by atoms with Crippen molar-refractivity contribution in [3.8, 4) is 11.3 Å². The summed E-state index contributed by atoms with van der Waals surface area (Å²) in [6.45, 7) is 3.99. The minimum absolute atomic E-state index is 0.253. The number of nitrogens with one attached hydrogen (secondary N) is 1. The number of anilines is 1. The lowest BCUT2D eigenvalue weighted by molar-refractivity contribution is 0.630. The third-order valence-electron chi connectivity index (χ3n) is 2.79. The lowest BCUT2D eigenvalue weighted by Gasteiger charge is -2.05. The van der Waals surface area contributed by atoms with Gasteiger partial charge in [-0.25, -0.2) is 4.39 Å². The van der Waals surface area contributed by atoms with Crippen LogP contribution in [0.2, 0.25) is 0 Å². The molecule has 0 fully saturated rings. The van der Waals surface area contributed by atoms with E-state index in [2.05, 4.69) is 17.1 Å². The van der Waals surface area contributed by atoms with E-state index >= 15 is 0 Å². The highest BCUT2D eigenvalue weighted by atomic mass is 19.1. The van der Waals surface area contributed by atoms with E-state index in [1.165, 1.54) is 6.07 Å². The zero-order valence-corrected chi connectivity index (χ0v) is 10.0. The van der Waals surface area contributed by atoms with E-state index < -0.39 is 0 Å². The molecule has 1 aromatic carbocycles. The van der Waals surface area contributed by atoms with Crippen LogP contribution in [0.3, 0.4) is 0 Å². The summed E-state index contributed by atoms with van der Waals surface area (Å²) in [5, 5.41) is 6.80. The van der Waals surface area contributed by atoms with E-state index in [1.807, 2.05) is 6.92 Å². The molecular formula is C13H16FN3. The Morgan fingerprint density at radius 1 is 1.41 bits per heavy atom. The smallest absolute Gasteiger partial charge is 0.149 e. The first-order valence-corrected chi connectivity index (χ1v) is 5.72. The lowest BCUT2D eigenvalue weighted by atomic mass is 10.0. The first-order valence-electron chi connectivity index (χ1n) is 5.72. The summed E-state index contributed by atoms with van der Waals surface area (Å²) in [7, 11) is 0. The predicted molar refractivity (Wildman–Crippen MR) is 67.1 cm³/mol. The maximum absolute atomic E-state index is 13.8. The number of halogens is 1. The minimum atomic E-state index is -0.253. The van der Waals surface area contributed by atoms with Crippen LogP contribution in [0.15, 0.2) is 18.2 Å². The highest BCUT2D eigenvalue weighted by Crippen LogP contribution is 2.29. The van der Waals surface area contributed by atoms with Gasteiger partial charge in [0.25, 0.3) is 0 Å². The van der Waals surface area contributed by atoms with Gasteiger partial charge in [0.2, 0.25) is 0 Å². The predicted octanol–water partition coefficient (Wildman–Crippen LogP) is 3.06. The minimum Gasteiger partial charge on any atom is -0.382 e. The Morgan fingerprint density at radius 3 is 2.88 bits per heavy atom. The summed E-state index contributed by atoms with van der Waals surface area (Å²) in [6.07, 6.45) is 1.75. The Kier molecular flexibility index (Phi) is 3.13. The van der Waals surface area contributed by atoms with Crippen LogP contribution in [0.5, 0.6) is 0 Å². The largest absolute Gasteiger partial charge is 0.382 e. The number of rotatable bonds is 3. The van der Waals surface area contributed by atoms with Crippen LogP contribution in [-0.2, 0) is 6.42 Å². The van der Waals surface area contributed by atoms with Crippen LogP contribution in [0, 0.1) is 12.7 Å². The molecule has 0 aliphatic rings. The quantitative estimate of drug-likeness (QED) is 0.856.